The molecule has 4 aromatic rings. The van der Waals surface area contributed by atoms with Crippen LogP contribution in [-0.2, 0) is 5.54 Å². The molecule has 1 atom stereocenters. The Balaban J connectivity index is 1.50. The number of nitrogens with zero attached hydrogens (tertiary/aromatic N) is 5. The number of amides is 1. The Hall–Kier alpha value is -4.31. The average Bonchev–Trinajstić information content (AvgIpc) is 3.38. The third kappa shape index (κ3) is 4.16. The van der Waals surface area contributed by atoms with Gasteiger partial charge in [0.15, 0.2) is 0 Å². The highest BCUT2D eigenvalue weighted by atomic mass is 16.4. The van der Waals surface area contributed by atoms with Gasteiger partial charge in [0.1, 0.15) is 5.82 Å². The lowest BCUT2D eigenvalue weighted by molar-refractivity contribution is 0.0691. The van der Waals surface area contributed by atoms with Gasteiger partial charge in [0, 0.05) is 31.4 Å². The number of hydrogen-bond acceptors (Lipinski definition) is 9. The molecule has 0 radical (unpaired) electrons. The van der Waals surface area contributed by atoms with E-state index in [1.807, 2.05) is 62.4 Å². The number of carbonyl (C=O) groups excluding carboxylic acids is 1. The van der Waals surface area contributed by atoms with Crippen molar-refractivity contribution >= 4 is 23.4 Å². The molecule has 36 heavy (non-hydrogen) atoms. The SMILES string of the molecule is Cc1nnc(-c2cnc(Nc3ccc4c(c3)C(C)(C)N(C)C4=O)nc2N[C@H](CO)c2ccccc2)o1. The highest BCUT2D eigenvalue weighted by Gasteiger charge is 2.40. The van der Waals surface area contributed by atoms with E-state index in [9.17, 15) is 9.90 Å². The second-order valence-electron chi connectivity index (χ2n) is 9.18. The van der Waals surface area contributed by atoms with E-state index in [1.165, 1.54) is 0 Å². The van der Waals surface area contributed by atoms with Gasteiger partial charge >= 0.3 is 0 Å². The van der Waals surface area contributed by atoms with Crippen LogP contribution < -0.4 is 10.6 Å². The molecule has 0 fully saturated rings. The van der Waals surface area contributed by atoms with Crippen molar-refractivity contribution in [3.8, 4) is 11.5 Å². The highest BCUT2D eigenvalue weighted by molar-refractivity contribution is 6.00. The fourth-order valence-electron chi connectivity index (χ4n) is 4.26. The molecule has 10 heteroatoms. The summed E-state index contributed by atoms with van der Waals surface area (Å²) < 4.78 is 5.62. The molecule has 0 spiro atoms. The van der Waals surface area contributed by atoms with Crippen molar-refractivity contribution in [2.45, 2.75) is 32.4 Å². The first-order chi connectivity index (χ1) is 17.3. The standard InChI is InChI=1S/C26H27N7O3/c1-15-31-32-23(36-15)19-13-27-25(30-22(19)29-21(14-34)16-8-6-5-7-9-16)28-17-10-11-18-20(12-17)26(2,3)33(4)24(18)35/h5-13,21,34H,14H2,1-4H3,(H2,27,28,29,30)/t21-/m1/s1. The Morgan fingerprint density at radius 2 is 1.89 bits per heavy atom. The highest BCUT2D eigenvalue weighted by Crippen LogP contribution is 2.39. The number of hydrogen-bond donors (Lipinski definition) is 3. The van der Waals surface area contributed by atoms with E-state index in [4.69, 9.17) is 4.42 Å². The second-order valence-corrected chi connectivity index (χ2v) is 9.18. The summed E-state index contributed by atoms with van der Waals surface area (Å²) in [7, 11) is 1.80. The Bertz CT molecular complexity index is 1420. The van der Waals surface area contributed by atoms with Gasteiger partial charge in [0.2, 0.25) is 11.8 Å². The van der Waals surface area contributed by atoms with Gasteiger partial charge in [-0.15, -0.1) is 10.2 Å². The first kappa shape index (κ1) is 23.4. The number of benzene rings is 2. The average molecular weight is 486 g/mol. The van der Waals surface area contributed by atoms with Crippen LogP contribution in [0.5, 0.6) is 0 Å². The first-order valence-electron chi connectivity index (χ1n) is 11.6. The number of nitrogens with one attached hydrogen (secondary N) is 2. The summed E-state index contributed by atoms with van der Waals surface area (Å²) in [6.45, 7) is 5.58. The third-order valence-corrected chi connectivity index (χ3v) is 6.55. The number of aliphatic hydroxyl groups excluding tert-OH is 1. The predicted molar refractivity (Wildman–Crippen MR) is 135 cm³/mol. The molecule has 2 aromatic heterocycles. The summed E-state index contributed by atoms with van der Waals surface area (Å²) in [4.78, 5) is 23.4. The number of rotatable bonds is 7. The Morgan fingerprint density at radius 1 is 1.11 bits per heavy atom. The molecule has 5 rings (SSSR count). The van der Waals surface area contributed by atoms with Gasteiger partial charge in [0.05, 0.1) is 23.8 Å². The lowest BCUT2D eigenvalue weighted by Gasteiger charge is -2.28. The first-order valence-corrected chi connectivity index (χ1v) is 11.6. The fourth-order valence-corrected chi connectivity index (χ4v) is 4.26. The number of aliphatic hydroxyl groups is 1. The van der Waals surface area contributed by atoms with Gasteiger partial charge in [-0.05, 0) is 43.2 Å². The fraction of sp³-hybridized carbons (Fsp3) is 0.269. The number of aromatic nitrogens is 4. The van der Waals surface area contributed by atoms with E-state index in [-0.39, 0.29) is 18.4 Å². The molecule has 184 valence electrons. The largest absolute Gasteiger partial charge is 0.421 e. The number of fused-ring (bicyclic) bond motifs is 1. The summed E-state index contributed by atoms with van der Waals surface area (Å²) in [5.74, 6) is 1.44. The Labute approximate surface area is 208 Å². The van der Waals surface area contributed by atoms with E-state index in [0.29, 0.717) is 28.8 Å². The molecule has 10 nitrogen and oxygen atoms in total. The quantitative estimate of drug-likeness (QED) is 0.355. The molecule has 0 saturated carbocycles. The van der Waals surface area contributed by atoms with Crippen LogP contribution in [0.25, 0.3) is 11.5 Å². The monoisotopic (exact) mass is 485 g/mol. The van der Waals surface area contributed by atoms with Crippen molar-refractivity contribution < 1.29 is 14.3 Å². The van der Waals surface area contributed by atoms with Gasteiger partial charge < -0.3 is 25.1 Å². The second kappa shape index (κ2) is 9.04. The molecular weight excluding hydrogens is 458 g/mol. The zero-order chi connectivity index (χ0) is 25.4. The van der Waals surface area contributed by atoms with Crippen LogP contribution in [0, 0.1) is 6.92 Å². The maximum atomic E-state index is 12.6. The minimum Gasteiger partial charge on any atom is -0.421 e. The van der Waals surface area contributed by atoms with Crippen molar-refractivity contribution in [3.05, 3.63) is 77.3 Å². The Kier molecular flexibility index (Phi) is 5.89. The van der Waals surface area contributed by atoms with Crippen molar-refractivity contribution in [3.63, 3.8) is 0 Å². The minimum atomic E-state index is -0.429. The Morgan fingerprint density at radius 3 is 2.58 bits per heavy atom. The van der Waals surface area contributed by atoms with Crippen LogP contribution in [0.2, 0.25) is 0 Å². The lowest BCUT2D eigenvalue weighted by Crippen LogP contribution is -2.35. The molecule has 3 N–H and O–H groups in total. The minimum absolute atomic E-state index is 0.000512. The van der Waals surface area contributed by atoms with Crippen molar-refractivity contribution in [1.29, 1.82) is 0 Å². The summed E-state index contributed by atoms with van der Waals surface area (Å²) in [5.41, 5.74) is 3.35. The summed E-state index contributed by atoms with van der Waals surface area (Å²) >= 11 is 0. The maximum Gasteiger partial charge on any atom is 0.254 e. The number of anilines is 3. The molecule has 1 amide bonds. The number of aryl methyl sites for hydroxylation is 1. The molecule has 0 bridgehead atoms. The van der Waals surface area contributed by atoms with Gasteiger partial charge in [-0.1, -0.05) is 30.3 Å². The van der Waals surface area contributed by atoms with Crippen LogP contribution in [0.1, 0.15) is 47.3 Å². The maximum absolute atomic E-state index is 12.6. The molecular formula is C26H27N7O3. The lowest BCUT2D eigenvalue weighted by atomic mass is 9.93. The van der Waals surface area contributed by atoms with Crippen LogP contribution in [0.15, 0.2) is 59.1 Å². The van der Waals surface area contributed by atoms with Gasteiger partial charge in [0.25, 0.3) is 11.8 Å². The van der Waals surface area contributed by atoms with E-state index in [1.54, 1.807) is 25.1 Å². The smallest absolute Gasteiger partial charge is 0.254 e. The molecule has 3 heterocycles. The van der Waals surface area contributed by atoms with E-state index >= 15 is 0 Å². The van der Waals surface area contributed by atoms with Crippen molar-refractivity contribution in [2.75, 3.05) is 24.3 Å². The van der Waals surface area contributed by atoms with Gasteiger partial charge in [-0.25, -0.2) is 4.98 Å². The molecule has 0 unspecified atom stereocenters. The predicted octanol–water partition coefficient (Wildman–Crippen LogP) is 4.04. The normalized spacial score (nSPS) is 15.0. The summed E-state index contributed by atoms with van der Waals surface area (Å²) in [5, 5.41) is 24.6. The van der Waals surface area contributed by atoms with Crippen molar-refractivity contribution in [1.82, 2.24) is 25.1 Å². The summed E-state index contributed by atoms with van der Waals surface area (Å²) in [6, 6.07) is 14.8. The molecule has 2 aromatic carbocycles. The van der Waals surface area contributed by atoms with Crippen LogP contribution in [0.4, 0.5) is 17.5 Å². The molecule has 0 aliphatic carbocycles. The molecule has 0 saturated heterocycles. The van der Waals surface area contributed by atoms with Crippen LogP contribution in [-0.4, -0.2) is 49.7 Å². The summed E-state index contributed by atoms with van der Waals surface area (Å²) in [6.07, 6.45) is 1.60. The zero-order valence-corrected chi connectivity index (χ0v) is 20.5. The van der Waals surface area contributed by atoms with Crippen LogP contribution >= 0.6 is 0 Å². The topological polar surface area (TPSA) is 129 Å². The molecule has 1 aliphatic rings. The number of carbonyl (C=O) groups is 1. The third-order valence-electron chi connectivity index (χ3n) is 6.55. The van der Waals surface area contributed by atoms with Crippen molar-refractivity contribution in [2.24, 2.45) is 0 Å². The molecule has 1 aliphatic heterocycles. The van der Waals surface area contributed by atoms with E-state index in [0.717, 1.165) is 16.8 Å². The van der Waals surface area contributed by atoms with E-state index < -0.39 is 11.6 Å². The van der Waals surface area contributed by atoms with Crippen LogP contribution in [0.3, 0.4) is 0 Å². The van der Waals surface area contributed by atoms with Gasteiger partial charge in [-0.2, -0.15) is 4.98 Å². The van der Waals surface area contributed by atoms with Gasteiger partial charge in [-0.3, -0.25) is 4.79 Å². The van der Waals surface area contributed by atoms with E-state index in [2.05, 4.69) is 30.8 Å². The zero-order valence-electron chi connectivity index (χ0n) is 20.5.